The molecule has 38 heavy (non-hydrogen) atoms. The number of nitrogen functional groups attached to an aromatic ring is 1. The van der Waals surface area contributed by atoms with Gasteiger partial charge in [0.05, 0.1) is 0 Å². The Hall–Kier alpha value is -2.22. The molecule has 0 amide bonds. The minimum Gasteiger partial charge on any atom is -0.491 e. The van der Waals surface area contributed by atoms with Gasteiger partial charge in [0.15, 0.2) is 0 Å². The number of benzene rings is 3. The van der Waals surface area contributed by atoms with E-state index in [1.165, 1.54) is 23.4 Å². The van der Waals surface area contributed by atoms with Crippen LogP contribution in [0.1, 0.15) is 27.8 Å². The zero-order valence-corrected chi connectivity index (χ0v) is 24.6. The van der Waals surface area contributed by atoms with Crippen molar-refractivity contribution >= 4 is 48.6 Å². The minimum atomic E-state index is -0.551. The number of piperazine rings is 1. The summed E-state index contributed by atoms with van der Waals surface area (Å²) in [7, 11) is 0. The molecule has 1 saturated heterocycles. The summed E-state index contributed by atoms with van der Waals surface area (Å²) >= 11 is 0. The molecule has 0 spiro atoms. The summed E-state index contributed by atoms with van der Waals surface area (Å²) in [6.07, 6.45) is 0.244. The van der Waals surface area contributed by atoms with Crippen LogP contribution >= 0.6 is 37.2 Å². The van der Waals surface area contributed by atoms with E-state index in [0.29, 0.717) is 6.54 Å². The molecule has 210 valence electrons. The van der Waals surface area contributed by atoms with Gasteiger partial charge in [-0.2, -0.15) is 0 Å². The molecule has 1 heterocycles. The van der Waals surface area contributed by atoms with Crippen molar-refractivity contribution in [2.75, 3.05) is 50.0 Å². The first kappa shape index (κ1) is 33.8. The second-order valence-electron chi connectivity index (χ2n) is 9.58. The Bertz CT molecular complexity index is 1140. The Morgan fingerprint density at radius 2 is 1.42 bits per heavy atom. The van der Waals surface area contributed by atoms with Crippen LogP contribution in [0.25, 0.3) is 0 Å². The summed E-state index contributed by atoms with van der Waals surface area (Å²) in [4.78, 5) is 4.67. The van der Waals surface area contributed by atoms with Crippen molar-refractivity contribution in [3.05, 3.63) is 88.2 Å². The van der Waals surface area contributed by atoms with E-state index in [9.17, 15) is 9.50 Å². The number of ether oxygens (including phenoxy) is 1. The number of hydrogen-bond acceptors (Lipinski definition) is 5. The second kappa shape index (κ2) is 15.4. The van der Waals surface area contributed by atoms with E-state index in [2.05, 4.69) is 34.1 Å². The third-order valence-electron chi connectivity index (χ3n) is 7.00. The minimum absolute atomic E-state index is 0. The number of halogens is 4. The van der Waals surface area contributed by atoms with Gasteiger partial charge in [-0.3, -0.25) is 4.90 Å². The third kappa shape index (κ3) is 8.65. The Labute approximate surface area is 244 Å². The Balaban J connectivity index is 0.00000241. The maximum Gasteiger partial charge on any atom is 0.123 e. The molecule has 0 unspecified atom stereocenters. The van der Waals surface area contributed by atoms with Crippen molar-refractivity contribution in [1.82, 2.24) is 4.90 Å². The number of nitrogens with two attached hydrogens (primary N) is 1. The van der Waals surface area contributed by atoms with E-state index < -0.39 is 6.10 Å². The van der Waals surface area contributed by atoms with Crippen molar-refractivity contribution < 1.29 is 14.2 Å². The first-order valence-electron chi connectivity index (χ1n) is 12.3. The normalized spacial score (nSPS) is 14.1. The third-order valence-corrected chi connectivity index (χ3v) is 7.00. The standard InChI is InChI=1S/C29H36FN3O2.3ClH/c1-20-16-28(21(2)22(3)29(20)31)35-19-27(34)18-32-12-14-33(15-13-32)26-10-6-24(7-11-26)17-23-4-8-25(30)9-5-23;;;/h4-11,16,27,34H,12-15,17-19,31H2,1-3H3;3*1H/t27-;;;/m1.../s1. The van der Waals surface area contributed by atoms with Gasteiger partial charge in [0.1, 0.15) is 24.3 Å². The molecular formula is C29H39Cl3FN3O2. The van der Waals surface area contributed by atoms with E-state index in [4.69, 9.17) is 10.5 Å². The predicted octanol–water partition coefficient (Wildman–Crippen LogP) is 5.75. The van der Waals surface area contributed by atoms with Gasteiger partial charge in [0, 0.05) is 44.1 Å². The average Bonchev–Trinajstić information content (AvgIpc) is 2.86. The van der Waals surface area contributed by atoms with Gasteiger partial charge < -0.3 is 20.5 Å². The van der Waals surface area contributed by atoms with E-state index in [1.807, 2.05) is 39.0 Å². The number of aryl methyl sites for hydroxylation is 1. The van der Waals surface area contributed by atoms with Crippen molar-refractivity contribution in [3.8, 4) is 5.75 Å². The highest BCUT2D eigenvalue weighted by Gasteiger charge is 2.20. The largest absolute Gasteiger partial charge is 0.491 e. The SMILES string of the molecule is Cc1cc(OC[C@H](O)CN2CCN(c3ccc(Cc4ccc(F)cc4)cc3)CC2)c(C)c(C)c1N.Cl.Cl.Cl. The summed E-state index contributed by atoms with van der Waals surface area (Å²) in [5, 5.41) is 10.6. The van der Waals surface area contributed by atoms with Crippen LogP contribution in [0.3, 0.4) is 0 Å². The molecule has 0 aliphatic carbocycles. The number of aliphatic hydroxyl groups excluding tert-OH is 1. The Morgan fingerprint density at radius 1 is 0.868 bits per heavy atom. The van der Waals surface area contributed by atoms with Crippen LogP contribution in [0, 0.1) is 26.6 Å². The quantitative estimate of drug-likeness (QED) is 0.329. The van der Waals surface area contributed by atoms with Crippen LogP contribution in [-0.2, 0) is 6.42 Å². The highest BCUT2D eigenvalue weighted by atomic mass is 35.5. The summed E-state index contributed by atoms with van der Waals surface area (Å²) in [6, 6.07) is 17.3. The average molecular weight is 587 g/mol. The molecule has 5 nitrogen and oxygen atoms in total. The molecule has 0 saturated carbocycles. The van der Waals surface area contributed by atoms with Gasteiger partial charge in [-0.05, 0) is 85.3 Å². The van der Waals surface area contributed by atoms with Crippen LogP contribution in [0.15, 0.2) is 54.6 Å². The zero-order chi connectivity index (χ0) is 24.9. The summed E-state index contributed by atoms with van der Waals surface area (Å²) in [6.45, 7) is 10.5. The maximum atomic E-state index is 13.1. The topological polar surface area (TPSA) is 62.0 Å². The molecule has 3 N–H and O–H groups in total. The molecule has 3 aromatic rings. The number of hydrogen-bond donors (Lipinski definition) is 2. The second-order valence-corrected chi connectivity index (χ2v) is 9.58. The van der Waals surface area contributed by atoms with E-state index in [-0.39, 0.29) is 49.6 Å². The van der Waals surface area contributed by atoms with Gasteiger partial charge in [0.2, 0.25) is 0 Å². The van der Waals surface area contributed by atoms with Gasteiger partial charge in [-0.1, -0.05) is 24.3 Å². The molecule has 0 bridgehead atoms. The van der Waals surface area contributed by atoms with E-state index >= 15 is 0 Å². The molecule has 9 heteroatoms. The first-order chi connectivity index (χ1) is 16.8. The van der Waals surface area contributed by atoms with Crippen molar-refractivity contribution in [3.63, 3.8) is 0 Å². The number of anilines is 2. The number of nitrogens with zero attached hydrogens (tertiary/aromatic N) is 2. The number of rotatable bonds is 8. The molecule has 0 radical (unpaired) electrons. The van der Waals surface area contributed by atoms with Gasteiger partial charge in [0.25, 0.3) is 0 Å². The van der Waals surface area contributed by atoms with Crippen LogP contribution in [0.2, 0.25) is 0 Å². The number of β-amino-alcohol motifs (C(OH)–C–C–N with tert-alkyl or cyclic N) is 1. The van der Waals surface area contributed by atoms with Crippen LogP contribution in [0.4, 0.5) is 15.8 Å². The fourth-order valence-electron chi connectivity index (χ4n) is 4.60. The maximum absolute atomic E-state index is 13.1. The molecule has 1 aliphatic rings. The lowest BCUT2D eigenvalue weighted by Crippen LogP contribution is -2.49. The van der Waals surface area contributed by atoms with Crippen molar-refractivity contribution in [2.24, 2.45) is 0 Å². The molecule has 1 aliphatic heterocycles. The first-order valence-corrected chi connectivity index (χ1v) is 12.3. The highest BCUT2D eigenvalue weighted by Crippen LogP contribution is 2.29. The van der Waals surface area contributed by atoms with Gasteiger partial charge >= 0.3 is 0 Å². The molecule has 1 fully saturated rings. The lowest BCUT2D eigenvalue weighted by molar-refractivity contribution is 0.0660. The van der Waals surface area contributed by atoms with Crippen LogP contribution in [-0.4, -0.2) is 55.4 Å². The lowest BCUT2D eigenvalue weighted by atomic mass is 10.0. The fourth-order valence-corrected chi connectivity index (χ4v) is 4.60. The smallest absolute Gasteiger partial charge is 0.123 e. The summed E-state index contributed by atoms with van der Waals surface area (Å²) in [5.41, 5.74) is 13.5. The molecule has 1 atom stereocenters. The monoisotopic (exact) mass is 585 g/mol. The van der Waals surface area contributed by atoms with Crippen LogP contribution in [0.5, 0.6) is 5.75 Å². The highest BCUT2D eigenvalue weighted by molar-refractivity contribution is 5.86. The summed E-state index contributed by atoms with van der Waals surface area (Å²) < 4.78 is 19.1. The molecular weight excluding hydrogens is 548 g/mol. The van der Waals surface area contributed by atoms with Gasteiger partial charge in [-0.25, -0.2) is 4.39 Å². The fraction of sp³-hybridized carbons (Fsp3) is 0.379. The van der Waals surface area contributed by atoms with E-state index in [1.54, 1.807) is 0 Å². The van der Waals surface area contributed by atoms with Crippen molar-refractivity contribution in [1.29, 1.82) is 0 Å². The van der Waals surface area contributed by atoms with Crippen LogP contribution < -0.4 is 15.4 Å². The molecule has 4 rings (SSSR count). The lowest BCUT2D eigenvalue weighted by Gasteiger charge is -2.37. The number of aliphatic hydroxyl groups is 1. The van der Waals surface area contributed by atoms with E-state index in [0.717, 1.165) is 66.3 Å². The Kier molecular flexibility index (Phi) is 13.7. The predicted molar refractivity (Wildman–Crippen MR) is 163 cm³/mol. The zero-order valence-electron chi connectivity index (χ0n) is 22.2. The van der Waals surface area contributed by atoms with Crippen molar-refractivity contribution in [2.45, 2.75) is 33.3 Å². The van der Waals surface area contributed by atoms with Gasteiger partial charge in [-0.15, -0.1) is 37.2 Å². The molecule has 3 aromatic carbocycles. The Morgan fingerprint density at radius 3 is 2.00 bits per heavy atom. The molecule has 0 aromatic heterocycles. The summed E-state index contributed by atoms with van der Waals surface area (Å²) in [5.74, 6) is 0.589.